The van der Waals surface area contributed by atoms with E-state index in [1.807, 2.05) is 17.9 Å². The molecule has 0 saturated carbocycles. The molecule has 2 aromatic heterocycles. The zero-order chi connectivity index (χ0) is 39.8. The van der Waals surface area contributed by atoms with Gasteiger partial charge in [-0.25, -0.2) is 18.0 Å². The van der Waals surface area contributed by atoms with Crippen LogP contribution in [0.1, 0.15) is 50.7 Å². The summed E-state index contributed by atoms with van der Waals surface area (Å²) in [7, 11) is 1.58. The third-order valence-corrected chi connectivity index (χ3v) is 13.0. The molecule has 2 aromatic carbocycles. The summed E-state index contributed by atoms with van der Waals surface area (Å²) in [5, 5.41) is 9.28. The number of halogens is 6. The van der Waals surface area contributed by atoms with E-state index in [1.54, 1.807) is 28.7 Å². The molecule has 298 valence electrons. The number of benzene rings is 2. The Labute approximate surface area is 322 Å². The van der Waals surface area contributed by atoms with Gasteiger partial charge in [-0.15, -0.1) is 11.3 Å². The molecule has 4 fully saturated rings. The van der Waals surface area contributed by atoms with E-state index >= 15 is 22.0 Å². The quantitative estimate of drug-likeness (QED) is 0.189. The summed E-state index contributed by atoms with van der Waals surface area (Å²) in [4.78, 5) is 29.7. The Morgan fingerprint density at radius 2 is 1.96 bits per heavy atom. The van der Waals surface area contributed by atoms with Gasteiger partial charge < -0.3 is 29.9 Å². The monoisotopic (exact) mass is 802 g/mol. The highest BCUT2D eigenvalue weighted by Crippen LogP contribution is 2.49. The Balaban J connectivity index is 1.29. The number of nitrogens with two attached hydrogens (primary N) is 1. The number of carbonyl (C=O) groups excluding carboxylic acids is 1. The molecule has 4 unspecified atom stereocenters. The van der Waals surface area contributed by atoms with Crippen LogP contribution in [-0.4, -0.2) is 114 Å². The molecule has 0 aliphatic carbocycles. The number of hydrogen-bond donors (Lipinski definition) is 1. The van der Waals surface area contributed by atoms with Gasteiger partial charge in [-0.2, -0.15) is 28.4 Å². The average molecular weight is 803 g/mol. The Morgan fingerprint density at radius 1 is 1.20 bits per heavy atom. The fourth-order valence-electron chi connectivity index (χ4n) is 9.12. The van der Waals surface area contributed by atoms with Gasteiger partial charge in [0.1, 0.15) is 41.0 Å². The lowest BCUT2D eigenvalue weighted by molar-refractivity contribution is -0.137. The number of anilines is 2. The first-order valence-electron chi connectivity index (χ1n) is 18.6. The number of nitrogen functional groups attached to an aromatic ring is 1. The van der Waals surface area contributed by atoms with Crippen molar-refractivity contribution < 1.29 is 40.6 Å². The number of carbonyl (C=O) groups is 1. The molecular formula is C38H40F6N8O3S. The molecule has 2 amide bonds. The first-order valence-corrected chi connectivity index (χ1v) is 19.4. The van der Waals surface area contributed by atoms with Crippen LogP contribution in [0.3, 0.4) is 0 Å². The number of alkyl halides is 4. The van der Waals surface area contributed by atoms with E-state index in [-0.39, 0.29) is 94.3 Å². The Morgan fingerprint density at radius 3 is 2.66 bits per heavy atom. The highest BCUT2D eigenvalue weighted by atomic mass is 32.1. The van der Waals surface area contributed by atoms with Crippen LogP contribution in [-0.2, 0) is 10.9 Å². The average Bonchev–Trinajstić information content (AvgIpc) is 3.88. The van der Waals surface area contributed by atoms with E-state index in [0.29, 0.717) is 43.8 Å². The topological polar surface area (TPSA) is 124 Å². The number of thiophene rings is 1. The van der Waals surface area contributed by atoms with Crippen molar-refractivity contribution in [2.45, 2.75) is 75.6 Å². The SMILES string of the molecule is CCN(c1nc(OCC23CCCN2CC(F)C3)nc2c(F)c(-c3ccc(F)c4sc(N)c(C#N)c34)c(C(F)(F)F)cc12)C1CC(C)N(C(=O)N2CC(OC)C2)C1. The number of rotatable bonds is 8. The van der Waals surface area contributed by atoms with Crippen molar-refractivity contribution in [3.8, 4) is 23.2 Å². The number of fused-ring (bicyclic) bond motifs is 3. The van der Waals surface area contributed by atoms with Crippen LogP contribution in [0.25, 0.3) is 32.1 Å². The Kier molecular flexibility index (Phi) is 9.64. The summed E-state index contributed by atoms with van der Waals surface area (Å²) in [5.74, 6) is -2.24. The van der Waals surface area contributed by atoms with Crippen molar-refractivity contribution in [3.63, 3.8) is 0 Å². The number of nitriles is 1. The molecule has 4 atom stereocenters. The van der Waals surface area contributed by atoms with E-state index in [9.17, 15) is 14.4 Å². The van der Waals surface area contributed by atoms with Gasteiger partial charge in [-0.3, -0.25) is 4.90 Å². The highest BCUT2D eigenvalue weighted by Gasteiger charge is 2.50. The molecule has 0 spiro atoms. The smallest absolute Gasteiger partial charge is 0.417 e. The highest BCUT2D eigenvalue weighted by molar-refractivity contribution is 7.23. The maximum atomic E-state index is 17.4. The standard InChI is InChI=1S/C38H40F6N8O3S/c1-4-51(21-10-19(2)52(15-21)36(53)49-16-22(17-49)54-3)34-24-11-26(38(42,43)44)29(23-6-7-27(40)32-28(23)25(13-45)33(46)56-32)30(41)31(24)47-35(48-34)55-18-37-8-5-9-50(37)14-20(39)12-37/h6-7,11,19-22H,4-5,8-10,12,14-18,46H2,1-3H3. The Hall–Kier alpha value is -4.60. The van der Waals surface area contributed by atoms with E-state index in [2.05, 4.69) is 9.97 Å². The number of amides is 2. The summed E-state index contributed by atoms with van der Waals surface area (Å²) >= 11 is 0.680. The van der Waals surface area contributed by atoms with Gasteiger partial charge in [0.05, 0.1) is 46.6 Å². The number of aromatic nitrogens is 2. The number of urea groups is 1. The maximum Gasteiger partial charge on any atom is 0.417 e. The molecule has 0 radical (unpaired) electrons. The van der Waals surface area contributed by atoms with Gasteiger partial charge >= 0.3 is 18.2 Å². The van der Waals surface area contributed by atoms with Crippen LogP contribution >= 0.6 is 11.3 Å². The lowest BCUT2D eigenvalue weighted by Crippen LogP contribution is -2.59. The molecule has 11 nitrogen and oxygen atoms in total. The minimum atomic E-state index is -5.14. The second kappa shape index (κ2) is 14.1. The van der Waals surface area contributed by atoms with Crippen LogP contribution in [0, 0.1) is 23.0 Å². The maximum absolute atomic E-state index is 17.4. The second-order valence-electron chi connectivity index (χ2n) is 15.2. The molecule has 8 rings (SSSR count). The van der Waals surface area contributed by atoms with Crippen molar-refractivity contribution in [1.29, 1.82) is 5.26 Å². The normalized spacial score (nSPS) is 24.2. The third kappa shape index (κ3) is 6.22. The summed E-state index contributed by atoms with van der Waals surface area (Å²) in [6.45, 7) is 5.89. The van der Waals surface area contributed by atoms with Crippen LogP contribution in [0.5, 0.6) is 6.01 Å². The van der Waals surface area contributed by atoms with Crippen molar-refractivity contribution in [2.24, 2.45) is 0 Å². The first kappa shape index (κ1) is 38.3. The molecule has 6 heterocycles. The number of hydrogen-bond acceptors (Lipinski definition) is 10. The van der Waals surface area contributed by atoms with E-state index in [0.717, 1.165) is 24.6 Å². The van der Waals surface area contributed by atoms with Crippen molar-refractivity contribution in [3.05, 3.63) is 41.0 Å². The van der Waals surface area contributed by atoms with Crippen LogP contribution in [0.4, 0.5) is 42.0 Å². The van der Waals surface area contributed by atoms with Gasteiger partial charge in [-0.1, -0.05) is 6.07 Å². The van der Waals surface area contributed by atoms with Gasteiger partial charge in [0, 0.05) is 55.5 Å². The molecule has 0 bridgehead atoms. The zero-order valence-electron chi connectivity index (χ0n) is 30.9. The van der Waals surface area contributed by atoms with Crippen molar-refractivity contribution in [1.82, 2.24) is 24.7 Å². The number of methoxy groups -OCH3 is 1. The predicted molar refractivity (Wildman–Crippen MR) is 198 cm³/mol. The second-order valence-corrected chi connectivity index (χ2v) is 16.2. The first-order chi connectivity index (χ1) is 26.7. The van der Waals surface area contributed by atoms with Crippen molar-refractivity contribution in [2.75, 3.05) is 63.6 Å². The lowest BCUT2D eigenvalue weighted by Gasteiger charge is -2.41. The van der Waals surface area contributed by atoms with Crippen LogP contribution in [0.15, 0.2) is 18.2 Å². The molecule has 18 heteroatoms. The number of likely N-dealkylation sites (tertiary alicyclic amines) is 2. The summed E-state index contributed by atoms with van der Waals surface area (Å²) < 4.78 is 104. The van der Waals surface area contributed by atoms with Crippen LogP contribution in [0.2, 0.25) is 0 Å². The largest absolute Gasteiger partial charge is 0.461 e. The molecule has 4 aliphatic heterocycles. The van der Waals surface area contributed by atoms with Crippen LogP contribution < -0.4 is 15.4 Å². The number of nitrogens with zero attached hydrogens (tertiary/aromatic N) is 7. The molecule has 4 saturated heterocycles. The lowest BCUT2D eigenvalue weighted by atomic mass is 9.92. The molecular weight excluding hydrogens is 763 g/mol. The molecule has 4 aliphatic rings. The van der Waals surface area contributed by atoms with Gasteiger partial charge in [0.15, 0.2) is 5.82 Å². The fourth-order valence-corrected chi connectivity index (χ4v) is 10.1. The van der Waals surface area contributed by atoms with E-state index in [4.69, 9.17) is 15.2 Å². The van der Waals surface area contributed by atoms with Gasteiger partial charge in [-0.05, 0) is 57.4 Å². The van der Waals surface area contributed by atoms with E-state index < -0.39 is 52.2 Å². The molecule has 56 heavy (non-hydrogen) atoms. The minimum Gasteiger partial charge on any atom is -0.461 e. The fraction of sp³-hybridized carbons (Fsp3) is 0.526. The predicted octanol–water partition coefficient (Wildman–Crippen LogP) is 6.96. The Bertz CT molecular complexity index is 2260. The van der Waals surface area contributed by atoms with E-state index in [1.165, 1.54) is 0 Å². The van der Waals surface area contributed by atoms with Gasteiger partial charge in [0.2, 0.25) is 0 Å². The third-order valence-electron chi connectivity index (χ3n) is 11.9. The number of ether oxygens (including phenoxy) is 2. The van der Waals surface area contributed by atoms with Crippen molar-refractivity contribution >= 4 is 49.2 Å². The minimum absolute atomic E-state index is 0.0288. The van der Waals surface area contributed by atoms with Gasteiger partial charge in [0.25, 0.3) is 0 Å². The number of likely N-dealkylation sites (N-methyl/N-ethyl adjacent to an activating group) is 1. The summed E-state index contributed by atoms with van der Waals surface area (Å²) in [6, 6.07) is 3.36. The molecule has 4 aromatic rings. The zero-order valence-corrected chi connectivity index (χ0v) is 31.7. The summed E-state index contributed by atoms with van der Waals surface area (Å²) in [5.41, 5.74) is 1.89. The molecule has 2 N–H and O–H groups in total. The summed E-state index contributed by atoms with van der Waals surface area (Å²) in [6.07, 6.45) is -4.12.